The summed E-state index contributed by atoms with van der Waals surface area (Å²) in [6.45, 7) is 7.15. The average Bonchev–Trinajstić information content (AvgIpc) is 3.51. The van der Waals surface area contributed by atoms with E-state index in [1.165, 1.54) is 17.7 Å². The Morgan fingerprint density at radius 3 is 2.59 bits per heavy atom. The Hall–Kier alpha value is -3.17. The number of hydrogen-bond donors (Lipinski definition) is 3. The Labute approximate surface area is 269 Å². The molecule has 8 heteroatoms. The maximum Gasteiger partial charge on any atom is 0.193 e. The number of aliphatic hydroxyl groups is 2. The van der Waals surface area contributed by atoms with Gasteiger partial charge in [0.2, 0.25) is 0 Å². The van der Waals surface area contributed by atoms with E-state index in [4.69, 9.17) is 9.47 Å². The number of carbonyl (C=O) groups excluding carboxylic acids is 2. The molecule has 1 heterocycles. The number of aliphatic hydroxyl groups excluding tert-OH is 2. The molecule has 0 bridgehead atoms. The number of ketones is 2. The van der Waals surface area contributed by atoms with Crippen LogP contribution in [0.15, 0.2) is 72.3 Å². The molecule has 0 unspecified atom stereocenters. The topological polar surface area (TPSA) is 105 Å². The van der Waals surface area contributed by atoms with Gasteiger partial charge < -0.3 is 25.0 Å². The van der Waals surface area contributed by atoms with Gasteiger partial charge in [-0.2, -0.15) is 0 Å². The van der Waals surface area contributed by atoms with E-state index in [9.17, 15) is 19.8 Å². The third-order valence-electron chi connectivity index (χ3n) is 12.0. The molecule has 46 heavy (non-hydrogen) atoms. The number of halogens is 1. The van der Waals surface area contributed by atoms with Crippen LogP contribution in [0.1, 0.15) is 76.4 Å². The first-order valence-electron chi connectivity index (χ1n) is 16.6. The highest BCUT2D eigenvalue weighted by molar-refractivity contribution is 6.01. The van der Waals surface area contributed by atoms with Gasteiger partial charge in [-0.05, 0) is 94.2 Å². The van der Waals surface area contributed by atoms with Crippen LogP contribution in [0, 0.1) is 22.7 Å². The van der Waals surface area contributed by atoms with Crippen LogP contribution in [0.5, 0.6) is 0 Å². The fourth-order valence-electron chi connectivity index (χ4n) is 9.85. The third-order valence-corrected chi connectivity index (χ3v) is 12.0. The Kier molecular flexibility index (Phi) is 7.48. The van der Waals surface area contributed by atoms with Gasteiger partial charge in [-0.25, -0.2) is 4.39 Å². The summed E-state index contributed by atoms with van der Waals surface area (Å²) in [5.41, 5.74) is -0.829. The molecule has 1 saturated heterocycles. The molecule has 7 nitrogen and oxygen atoms in total. The molecule has 4 fully saturated rings. The second-order valence-electron chi connectivity index (χ2n) is 14.8. The number of benzene rings is 2. The normalized spacial score (nSPS) is 39.3. The van der Waals surface area contributed by atoms with Crippen LogP contribution in [0.4, 0.5) is 10.1 Å². The molecule has 4 aliphatic carbocycles. The molecule has 2 aromatic carbocycles. The van der Waals surface area contributed by atoms with Gasteiger partial charge in [0, 0.05) is 34.0 Å². The Bertz CT molecular complexity index is 1620. The summed E-state index contributed by atoms with van der Waals surface area (Å²) >= 11 is 0. The second-order valence-corrected chi connectivity index (χ2v) is 14.8. The highest BCUT2D eigenvalue weighted by Crippen LogP contribution is 2.72. The van der Waals surface area contributed by atoms with Crippen LogP contribution in [-0.4, -0.2) is 57.9 Å². The zero-order valence-corrected chi connectivity index (χ0v) is 27.0. The average molecular weight is 630 g/mol. The van der Waals surface area contributed by atoms with Gasteiger partial charge in [0.15, 0.2) is 29.1 Å². The molecule has 0 radical (unpaired) electrons. The molecule has 3 N–H and O–H groups in total. The number of anilines is 1. The number of ether oxygens (including phenoxy) is 2. The summed E-state index contributed by atoms with van der Waals surface area (Å²) in [4.78, 5) is 26.0. The standard InChI is InChI=1S/C38H44FNO6/c1-22(2)40-27-7-5-6-24(17-27)16-23-8-10-25(11-9-23)34-45-33-19-30-29-13-12-26-18-28(42)14-15-35(26,3)37(29,39)31(43)20-36(30,4)38(33,46-34)32(44)21-41/h5-11,14-15,17-18,22,29-31,33-34,40-41,43H,12-13,16,19-21H2,1-4H3/t29-,30-,31-,33+,34+,35-,36-,37-,38+/m0/s1. The molecule has 0 amide bonds. The van der Waals surface area contributed by atoms with Gasteiger partial charge in [0.05, 0.1) is 12.2 Å². The molecule has 7 rings (SSSR count). The molecule has 1 aliphatic heterocycles. The highest BCUT2D eigenvalue weighted by atomic mass is 19.1. The Morgan fingerprint density at radius 2 is 1.87 bits per heavy atom. The van der Waals surface area contributed by atoms with Gasteiger partial charge in [0.1, 0.15) is 6.61 Å². The molecule has 3 saturated carbocycles. The van der Waals surface area contributed by atoms with Crippen LogP contribution < -0.4 is 5.32 Å². The van der Waals surface area contributed by atoms with Crippen molar-refractivity contribution in [3.8, 4) is 0 Å². The number of fused-ring (bicyclic) bond motifs is 7. The first kappa shape index (κ1) is 31.4. The van der Waals surface area contributed by atoms with E-state index in [1.807, 2.05) is 37.3 Å². The van der Waals surface area contributed by atoms with Crippen molar-refractivity contribution in [2.24, 2.45) is 22.7 Å². The molecule has 0 aromatic heterocycles. The van der Waals surface area contributed by atoms with Crippen molar-refractivity contribution >= 4 is 17.3 Å². The number of alkyl halides is 1. The van der Waals surface area contributed by atoms with E-state index in [-0.39, 0.29) is 18.1 Å². The minimum atomic E-state index is -2.03. The molecule has 0 spiro atoms. The summed E-state index contributed by atoms with van der Waals surface area (Å²) in [6.07, 6.45) is 3.64. The minimum absolute atomic E-state index is 0.0304. The Balaban J connectivity index is 1.16. The zero-order chi connectivity index (χ0) is 32.6. The molecule has 9 atom stereocenters. The molecular weight excluding hydrogens is 585 g/mol. The first-order valence-corrected chi connectivity index (χ1v) is 16.6. The Morgan fingerprint density at radius 1 is 1.11 bits per heavy atom. The highest BCUT2D eigenvalue weighted by Gasteiger charge is 2.79. The fraction of sp³-hybridized carbons (Fsp3) is 0.526. The lowest BCUT2D eigenvalue weighted by Crippen LogP contribution is -2.69. The number of nitrogens with one attached hydrogen (secondary N) is 1. The van der Waals surface area contributed by atoms with Gasteiger partial charge in [-0.1, -0.05) is 55.0 Å². The first-order chi connectivity index (χ1) is 21.9. The van der Waals surface area contributed by atoms with Crippen LogP contribution in [0.2, 0.25) is 0 Å². The van der Waals surface area contributed by atoms with Gasteiger partial charge in [-0.15, -0.1) is 0 Å². The van der Waals surface area contributed by atoms with Crippen LogP contribution in [0.3, 0.4) is 0 Å². The molecule has 244 valence electrons. The van der Waals surface area contributed by atoms with Crippen LogP contribution >= 0.6 is 0 Å². The van der Waals surface area contributed by atoms with E-state index >= 15 is 4.39 Å². The summed E-state index contributed by atoms with van der Waals surface area (Å²) in [6, 6.07) is 16.7. The monoisotopic (exact) mass is 629 g/mol. The maximum absolute atomic E-state index is 17.6. The predicted octanol–water partition coefficient (Wildman–Crippen LogP) is 5.79. The quantitative estimate of drug-likeness (QED) is 0.356. The lowest BCUT2D eigenvalue weighted by Gasteiger charge is -2.62. The number of rotatable bonds is 7. The smallest absolute Gasteiger partial charge is 0.193 e. The molecule has 2 aromatic rings. The van der Waals surface area contributed by atoms with Crippen molar-refractivity contribution in [3.63, 3.8) is 0 Å². The summed E-state index contributed by atoms with van der Waals surface area (Å²) in [7, 11) is 0. The van der Waals surface area contributed by atoms with E-state index in [0.29, 0.717) is 30.9 Å². The largest absolute Gasteiger partial charge is 0.390 e. The third kappa shape index (κ3) is 4.36. The lowest BCUT2D eigenvalue weighted by molar-refractivity contribution is -0.231. The van der Waals surface area contributed by atoms with E-state index < -0.39 is 58.9 Å². The number of allylic oxidation sites excluding steroid dienone is 4. The molecular formula is C38H44FNO6. The van der Waals surface area contributed by atoms with E-state index in [2.05, 4.69) is 37.4 Å². The van der Waals surface area contributed by atoms with Crippen molar-refractivity contribution in [3.05, 3.63) is 89.0 Å². The summed E-state index contributed by atoms with van der Waals surface area (Å²) in [5, 5.41) is 25.4. The minimum Gasteiger partial charge on any atom is -0.390 e. The SMILES string of the molecule is CC(C)Nc1cccc(Cc2ccc([C@@H]3O[C@@H]4C[C@H]5[C@@H]6CCC7=CC(=O)C=C[C@]7(C)[C@@]6(F)[C@@H](O)C[C@]5(C)[C@]4(C(=O)CO)O3)cc2)c1. The maximum atomic E-state index is 17.6. The van der Waals surface area contributed by atoms with Crippen molar-refractivity contribution in [1.82, 2.24) is 0 Å². The van der Waals surface area contributed by atoms with Crippen molar-refractivity contribution in [2.45, 2.75) is 95.6 Å². The summed E-state index contributed by atoms with van der Waals surface area (Å²) in [5.74, 6) is -1.59. The van der Waals surface area contributed by atoms with Crippen LogP contribution in [0.25, 0.3) is 0 Å². The van der Waals surface area contributed by atoms with Gasteiger partial charge in [0.25, 0.3) is 0 Å². The van der Waals surface area contributed by atoms with Crippen molar-refractivity contribution < 1.29 is 33.7 Å². The van der Waals surface area contributed by atoms with Gasteiger partial charge in [-0.3, -0.25) is 9.59 Å². The lowest BCUT2D eigenvalue weighted by atomic mass is 9.44. The van der Waals surface area contributed by atoms with Crippen molar-refractivity contribution in [1.29, 1.82) is 0 Å². The van der Waals surface area contributed by atoms with Crippen molar-refractivity contribution in [2.75, 3.05) is 11.9 Å². The van der Waals surface area contributed by atoms with E-state index in [1.54, 1.807) is 13.0 Å². The zero-order valence-electron chi connectivity index (χ0n) is 27.0. The number of hydrogen-bond acceptors (Lipinski definition) is 7. The summed E-state index contributed by atoms with van der Waals surface area (Å²) < 4.78 is 30.8. The number of Topliss-reactive ketones (excluding diaryl/α,β-unsaturated/α-hetero) is 1. The second kappa shape index (κ2) is 10.9. The molecule has 5 aliphatic rings. The predicted molar refractivity (Wildman–Crippen MR) is 172 cm³/mol. The fourth-order valence-corrected chi connectivity index (χ4v) is 9.85. The van der Waals surface area contributed by atoms with E-state index in [0.717, 1.165) is 23.2 Å². The van der Waals surface area contributed by atoms with Crippen LogP contribution in [-0.2, 0) is 25.5 Å². The van der Waals surface area contributed by atoms with Gasteiger partial charge >= 0.3 is 0 Å². The number of carbonyl (C=O) groups is 2.